The lowest BCUT2D eigenvalue weighted by atomic mass is 10.0. The molecule has 2 aromatic rings. The molecule has 8 nitrogen and oxygen atoms in total. The Hall–Kier alpha value is -2.75. The van der Waals surface area contributed by atoms with Crippen LogP contribution in [0.15, 0.2) is 59.5 Å². The molecular weight excluding hydrogens is 456 g/mol. The van der Waals surface area contributed by atoms with Gasteiger partial charge in [0, 0.05) is 25.2 Å². The fourth-order valence-electron chi connectivity index (χ4n) is 3.62. The zero-order valence-corrected chi connectivity index (χ0v) is 20.6. The van der Waals surface area contributed by atoms with Crippen LogP contribution in [0.25, 0.3) is 0 Å². The summed E-state index contributed by atoms with van der Waals surface area (Å²) in [5.41, 5.74) is 0.671. The van der Waals surface area contributed by atoms with Crippen molar-refractivity contribution in [2.24, 2.45) is 0 Å². The molecule has 1 atom stereocenters. The van der Waals surface area contributed by atoms with E-state index in [1.807, 2.05) is 51.1 Å². The van der Waals surface area contributed by atoms with E-state index in [9.17, 15) is 18.0 Å². The van der Waals surface area contributed by atoms with Gasteiger partial charge in [-0.1, -0.05) is 30.3 Å². The van der Waals surface area contributed by atoms with Crippen molar-refractivity contribution in [2.45, 2.75) is 56.7 Å². The van der Waals surface area contributed by atoms with Gasteiger partial charge in [-0.25, -0.2) is 17.9 Å². The predicted molar refractivity (Wildman–Crippen MR) is 128 cm³/mol. The van der Waals surface area contributed by atoms with E-state index in [0.717, 1.165) is 18.4 Å². The molecule has 1 amide bonds. The van der Waals surface area contributed by atoms with Crippen LogP contribution in [-0.2, 0) is 30.8 Å². The van der Waals surface area contributed by atoms with Gasteiger partial charge in [-0.3, -0.25) is 4.79 Å². The van der Waals surface area contributed by atoms with Crippen molar-refractivity contribution in [3.63, 3.8) is 0 Å². The van der Waals surface area contributed by atoms with Crippen molar-refractivity contribution < 1.29 is 27.5 Å². The Morgan fingerprint density at radius 3 is 2.35 bits per heavy atom. The summed E-state index contributed by atoms with van der Waals surface area (Å²) in [6.07, 6.45) is 1.63. The molecule has 0 spiro atoms. The summed E-state index contributed by atoms with van der Waals surface area (Å²) >= 11 is 0. The highest BCUT2D eigenvalue weighted by molar-refractivity contribution is 7.89. The van der Waals surface area contributed by atoms with E-state index < -0.39 is 28.1 Å². The maximum atomic E-state index is 12.8. The Balaban J connectivity index is 1.57. The fraction of sp³-hybridized carbons (Fsp3) is 0.440. The zero-order valence-electron chi connectivity index (χ0n) is 19.8. The average Bonchev–Trinajstić information content (AvgIpc) is 3.33. The van der Waals surface area contributed by atoms with Crippen LogP contribution in [0, 0.1) is 0 Å². The quantitative estimate of drug-likeness (QED) is 0.544. The minimum atomic E-state index is -3.72. The van der Waals surface area contributed by atoms with Crippen LogP contribution < -0.4 is 4.72 Å². The number of carbonyl (C=O) groups excluding carboxylic acids is 2. The van der Waals surface area contributed by atoms with Crippen LogP contribution in [-0.4, -0.2) is 56.6 Å². The van der Waals surface area contributed by atoms with Crippen LogP contribution >= 0.6 is 0 Å². The molecule has 9 heteroatoms. The van der Waals surface area contributed by atoms with Crippen molar-refractivity contribution in [2.75, 3.05) is 19.8 Å². The summed E-state index contributed by atoms with van der Waals surface area (Å²) < 4.78 is 38.1. The van der Waals surface area contributed by atoms with Crippen molar-refractivity contribution >= 4 is 21.9 Å². The van der Waals surface area contributed by atoms with Gasteiger partial charge in [-0.2, -0.15) is 0 Å². The highest BCUT2D eigenvalue weighted by Gasteiger charge is 2.27. The number of nitrogens with one attached hydrogen (secondary N) is 1. The Bertz CT molecular complexity index is 1070. The van der Waals surface area contributed by atoms with Gasteiger partial charge >= 0.3 is 5.97 Å². The van der Waals surface area contributed by atoms with Crippen molar-refractivity contribution in [3.8, 4) is 0 Å². The number of esters is 1. The SMILES string of the molecule is CC(C)(C)N(Cc1ccccc1)C(=O)COC(=O)c1ccc(S(=O)(=O)NCC2CCCO2)cc1. The van der Waals surface area contributed by atoms with E-state index in [4.69, 9.17) is 9.47 Å². The van der Waals surface area contributed by atoms with Crippen molar-refractivity contribution in [3.05, 3.63) is 65.7 Å². The van der Waals surface area contributed by atoms with Crippen LogP contribution in [0.3, 0.4) is 0 Å². The van der Waals surface area contributed by atoms with Gasteiger partial charge < -0.3 is 14.4 Å². The normalized spacial score (nSPS) is 16.3. The second kappa shape index (κ2) is 11.1. The molecule has 2 aromatic carbocycles. The molecule has 0 radical (unpaired) electrons. The lowest BCUT2D eigenvalue weighted by Crippen LogP contribution is -2.46. The lowest BCUT2D eigenvalue weighted by molar-refractivity contribution is -0.140. The molecule has 0 aromatic heterocycles. The van der Waals surface area contributed by atoms with Crippen molar-refractivity contribution in [1.82, 2.24) is 9.62 Å². The molecule has 3 rings (SSSR count). The number of benzene rings is 2. The highest BCUT2D eigenvalue weighted by Crippen LogP contribution is 2.19. The standard InChI is InChI=1S/C25H32N2O6S/c1-25(2,3)27(17-19-8-5-4-6-9-19)23(28)18-33-24(29)20-11-13-22(14-12-20)34(30,31)26-16-21-10-7-15-32-21/h4-6,8-9,11-14,21,26H,7,10,15-18H2,1-3H3. The number of hydrogen-bond acceptors (Lipinski definition) is 6. The molecule has 0 bridgehead atoms. The topological polar surface area (TPSA) is 102 Å². The smallest absolute Gasteiger partial charge is 0.338 e. The summed E-state index contributed by atoms with van der Waals surface area (Å²) in [5, 5.41) is 0. The van der Waals surface area contributed by atoms with E-state index in [2.05, 4.69) is 4.72 Å². The van der Waals surface area contributed by atoms with Gasteiger partial charge in [-0.05, 0) is 63.4 Å². The van der Waals surface area contributed by atoms with Crippen LogP contribution in [0.4, 0.5) is 0 Å². The molecule has 184 valence electrons. The number of carbonyl (C=O) groups is 2. The maximum Gasteiger partial charge on any atom is 0.338 e. The van der Waals surface area contributed by atoms with Crippen molar-refractivity contribution in [1.29, 1.82) is 0 Å². The molecule has 0 aliphatic carbocycles. The highest BCUT2D eigenvalue weighted by atomic mass is 32.2. The Morgan fingerprint density at radius 2 is 1.76 bits per heavy atom. The van der Waals surface area contributed by atoms with Crippen LogP contribution in [0.1, 0.15) is 49.5 Å². The van der Waals surface area contributed by atoms with E-state index in [-0.39, 0.29) is 29.0 Å². The first kappa shape index (κ1) is 25.9. The number of rotatable bonds is 9. The third kappa shape index (κ3) is 7.12. The monoisotopic (exact) mass is 488 g/mol. The second-order valence-corrected chi connectivity index (χ2v) is 11.0. The van der Waals surface area contributed by atoms with E-state index in [1.165, 1.54) is 24.3 Å². The molecule has 1 saturated heterocycles. The van der Waals surface area contributed by atoms with Gasteiger partial charge in [0.15, 0.2) is 6.61 Å². The first-order valence-electron chi connectivity index (χ1n) is 11.3. The summed E-state index contributed by atoms with van der Waals surface area (Å²) in [6, 6.07) is 15.0. The van der Waals surface area contributed by atoms with Gasteiger partial charge in [0.1, 0.15) is 0 Å². The molecule has 1 heterocycles. The molecule has 1 aliphatic rings. The summed E-state index contributed by atoms with van der Waals surface area (Å²) in [6.45, 7) is 6.59. The number of ether oxygens (including phenoxy) is 2. The Kier molecular flexibility index (Phi) is 8.46. The van der Waals surface area contributed by atoms with E-state index in [1.54, 1.807) is 4.90 Å². The average molecular weight is 489 g/mol. The number of nitrogens with zero attached hydrogens (tertiary/aromatic N) is 1. The minimum Gasteiger partial charge on any atom is -0.452 e. The number of amides is 1. The Morgan fingerprint density at radius 1 is 1.09 bits per heavy atom. The Labute approximate surface area is 201 Å². The zero-order chi connectivity index (χ0) is 24.8. The van der Waals surface area contributed by atoms with E-state index >= 15 is 0 Å². The third-order valence-corrected chi connectivity index (χ3v) is 6.99. The number of hydrogen-bond donors (Lipinski definition) is 1. The molecule has 1 unspecified atom stereocenters. The second-order valence-electron chi connectivity index (χ2n) is 9.22. The lowest BCUT2D eigenvalue weighted by Gasteiger charge is -2.35. The molecular formula is C25H32N2O6S. The van der Waals surface area contributed by atoms with E-state index in [0.29, 0.717) is 13.2 Å². The molecule has 34 heavy (non-hydrogen) atoms. The molecule has 0 saturated carbocycles. The van der Waals surface area contributed by atoms with Gasteiger partial charge in [0.25, 0.3) is 5.91 Å². The summed E-state index contributed by atoms with van der Waals surface area (Å²) in [4.78, 5) is 27.0. The third-order valence-electron chi connectivity index (χ3n) is 5.55. The summed E-state index contributed by atoms with van der Waals surface area (Å²) in [5.74, 6) is -1.01. The predicted octanol–water partition coefficient (Wildman–Crippen LogP) is 3.13. The first-order chi connectivity index (χ1) is 16.1. The van der Waals surface area contributed by atoms with Crippen LogP contribution in [0.2, 0.25) is 0 Å². The van der Waals surface area contributed by atoms with Gasteiger partial charge in [0.05, 0.1) is 16.6 Å². The van der Waals surface area contributed by atoms with Crippen LogP contribution in [0.5, 0.6) is 0 Å². The number of sulfonamides is 1. The van der Waals surface area contributed by atoms with Gasteiger partial charge in [-0.15, -0.1) is 0 Å². The first-order valence-corrected chi connectivity index (χ1v) is 12.8. The minimum absolute atomic E-state index is 0.0416. The molecule has 1 aliphatic heterocycles. The molecule has 1 fully saturated rings. The largest absolute Gasteiger partial charge is 0.452 e. The maximum absolute atomic E-state index is 12.8. The van der Waals surface area contributed by atoms with Gasteiger partial charge in [0.2, 0.25) is 10.0 Å². The fourth-order valence-corrected chi connectivity index (χ4v) is 4.68. The molecule has 1 N–H and O–H groups in total. The summed E-state index contributed by atoms with van der Waals surface area (Å²) in [7, 11) is -3.72.